The number of nitrogens with zero attached hydrogens (tertiary/aromatic N) is 4. The molecule has 2 heterocycles. The lowest BCUT2D eigenvalue weighted by Crippen LogP contribution is -2.55. The number of benzene rings is 2. The Kier molecular flexibility index (Phi) is 5.38. The van der Waals surface area contributed by atoms with Crippen LogP contribution in [0.25, 0.3) is 0 Å². The largest absolute Gasteiger partial charge is 0.348 e. The van der Waals surface area contributed by atoms with E-state index in [2.05, 4.69) is 59.7 Å². The van der Waals surface area contributed by atoms with Crippen molar-refractivity contribution in [3.63, 3.8) is 0 Å². The molecule has 2 unspecified atom stereocenters. The van der Waals surface area contributed by atoms with Gasteiger partial charge in [-0.3, -0.25) is 0 Å². The number of aromatic nitrogens is 2. The number of nitrogens with one attached hydrogen (secondary N) is 2. The highest BCUT2D eigenvalue weighted by atomic mass is 15.7. The lowest BCUT2D eigenvalue weighted by atomic mass is 10.1. The van der Waals surface area contributed by atoms with Gasteiger partial charge in [-0.15, -0.1) is 10.0 Å². The van der Waals surface area contributed by atoms with Crippen molar-refractivity contribution in [1.82, 2.24) is 20.0 Å². The van der Waals surface area contributed by atoms with Gasteiger partial charge in [0.1, 0.15) is 5.69 Å². The molecule has 1 aromatic heterocycles. The Morgan fingerprint density at radius 2 is 1.69 bits per heavy atom. The fourth-order valence-electron chi connectivity index (χ4n) is 3.43. The molecule has 2 aromatic carbocycles. The smallest absolute Gasteiger partial charge is 0.263 e. The number of para-hydroxylation sites is 2. The second-order valence-corrected chi connectivity index (χ2v) is 7.73. The maximum atomic E-state index is 4.87. The van der Waals surface area contributed by atoms with Gasteiger partial charge < -0.3 is 5.32 Å². The first-order chi connectivity index (χ1) is 14.1. The molecule has 2 atom stereocenters. The van der Waals surface area contributed by atoms with E-state index in [1.807, 2.05) is 48.8 Å². The minimum Gasteiger partial charge on any atom is -0.348 e. The third kappa shape index (κ3) is 3.90. The highest BCUT2D eigenvalue weighted by Gasteiger charge is 2.41. The summed E-state index contributed by atoms with van der Waals surface area (Å²) in [5.41, 5.74) is 6.86. The van der Waals surface area contributed by atoms with Gasteiger partial charge in [0.2, 0.25) is 12.3 Å². The summed E-state index contributed by atoms with van der Waals surface area (Å²) in [6.07, 6.45) is 3.72. The summed E-state index contributed by atoms with van der Waals surface area (Å²) in [4.78, 5) is 14.0. The van der Waals surface area contributed by atoms with Crippen LogP contribution in [0.3, 0.4) is 0 Å². The first-order valence-corrected chi connectivity index (χ1v) is 10.0. The first-order valence-electron chi connectivity index (χ1n) is 10.0. The highest BCUT2D eigenvalue weighted by Crippen LogP contribution is 2.41. The fourth-order valence-corrected chi connectivity index (χ4v) is 3.43. The summed E-state index contributed by atoms with van der Waals surface area (Å²) in [5, 5.41) is 3.42. The van der Waals surface area contributed by atoms with Gasteiger partial charge in [0.15, 0.2) is 5.69 Å². The summed E-state index contributed by atoms with van der Waals surface area (Å²) in [7, 11) is 0. The summed E-state index contributed by atoms with van der Waals surface area (Å²) < 4.78 is 0.283. The molecular formula is C23H27N6+. The Balaban J connectivity index is 1.68. The Bertz CT molecular complexity index is 1000. The zero-order valence-corrected chi connectivity index (χ0v) is 17.1. The lowest BCUT2D eigenvalue weighted by molar-refractivity contribution is 0.380. The number of quaternary nitrogens is 1. The number of fused-ring (bicyclic) bond motifs is 1. The first kappa shape index (κ1) is 19.2. The molecule has 6 heteroatoms. The zero-order valence-electron chi connectivity index (χ0n) is 17.1. The summed E-state index contributed by atoms with van der Waals surface area (Å²) in [6.45, 7) is 7.32. The van der Waals surface area contributed by atoms with E-state index in [-0.39, 0.29) is 10.6 Å². The van der Waals surface area contributed by atoms with Crippen LogP contribution in [0.5, 0.6) is 0 Å². The van der Waals surface area contributed by atoms with E-state index < -0.39 is 0 Å². The van der Waals surface area contributed by atoms with Gasteiger partial charge in [-0.05, 0) is 24.5 Å². The monoisotopic (exact) mass is 387 g/mol. The van der Waals surface area contributed by atoms with Crippen molar-refractivity contribution in [1.29, 1.82) is 0 Å². The lowest BCUT2D eigenvalue weighted by Gasteiger charge is -2.29. The Morgan fingerprint density at radius 1 is 0.931 bits per heavy atom. The number of rotatable bonds is 7. The Hall–Kier alpha value is -3.09. The van der Waals surface area contributed by atoms with Gasteiger partial charge in [-0.25, -0.2) is 4.98 Å². The van der Waals surface area contributed by atoms with Crippen LogP contribution in [0.15, 0.2) is 71.9 Å². The van der Waals surface area contributed by atoms with Crippen LogP contribution in [0.2, 0.25) is 0 Å². The van der Waals surface area contributed by atoms with Gasteiger partial charge in [-0.1, -0.05) is 56.3 Å². The topological polar surface area (TPSA) is 62.2 Å². The van der Waals surface area contributed by atoms with Crippen LogP contribution in [-0.2, 0) is 0 Å². The van der Waals surface area contributed by atoms with Crippen molar-refractivity contribution < 1.29 is 0 Å². The number of aliphatic imine (C=N–C) groups is 1. The molecule has 29 heavy (non-hydrogen) atoms. The van der Waals surface area contributed by atoms with E-state index in [1.165, 1.54) is 5.56 Å². The minimum absolute atomic E-state index is 0.100. The molecule has 0 radical (unpaired) electrons. The SMILES string of the molecule is CC(C)CN[N+]1(c2ccnc(NC(C)c3ccccc3)n2)C=Nc2ccccc21. The maximum absolute atomic E-state index is 4.87. The van der Waals surface area contributed by atoms with Crippen LogP contribution in [0, 0.1) is 5.92 Å². The van der Waals surface area contributed by atoms with Gasteiger partial charge in [0.25, 0.3) is 5.82 Å². The number of anilines is 1. The molecule has 4 rings (SSSR count). The third-order valence-electron chi connectivity index (χ3n) is 5.03. The fraction of sp³-hybridized carbons (Fsp3) is 0.261. The van der Waals surface area contributed by atoms with E-state index in [1.54, 1.807) is 6.20 Å². The molecule has 1 aliphatic rings. The zero-order chi connectivity index (χ0) is 20.3. The average Bonchev–Trinajstić information content (AvgIpc) is 3.13. The molecule has 0 fully saturated rings. The predicted octanol–water partition coefficient (Wildman–Crippen LogP) is 5.12. The molecule has 0 spiro atoms. The second-order valence-electron chi connectivity index (χ2n) is 7.73. The molecule has 0 bridgehead atoms. The Morgan fingerprint density at radius 3 is 2.48 bits per heavy atom. The van der Waals surface area contributed by atoms with Gasteiger partial charge in [0, 0.05) is 24.9 Å². The second kappa shape index (κ2) is 8.11. The molecule has 0 aliphatic carbocycles. The molecule has 148 valence electrons. The molecule has 2 N–H and O–H groups in total. The van der Waals surface area contributed by atoms with Crippen LogP contribution in [-0.4, -0.2) is 22.9 Å². The van der Waals surface area contributed by atoms with E-state index in [4.69, 9.17) is 4.98 Å². The van der Waals surface area contributed by atoms with Crippen molar-refractivity contribution in [3.05, 3.63) is 72.4 Å². The van der Waals surface area contributed by atoms with Crippen molar-refractivity contribution >= 4 is 29.5 Å². The summed E-state index contributed by atoms with van der Waals surface area (Å²) in [5.74, 6) is 1.92. The van der Waals surface area contributed by atoms with Crippen molar-refractivity contribution in [2.45, 2.75) is 26.8 Å². The van der Waals surface area contributed by atoms with E-state index in [0.717, 1.165) is 23.7 Å². The maximum Gasteiger partial charge on any atom is 0.263 e. The third-order valence-corrected chi connectivity index (χ3v) is 5.03. The van der Waals surface area contributed by atoms with Gasteiger partial charge in [-0.2, -0.15) is 9.98 Å². The number of hydrogen-bond donors (Lipinski definition) is 2. The normalized spacial score (nSPS) is 18.6. The van der Waals surface area contributed by atoms with Gasteiger partial charge in [0.05, 0.1) is 6.04 Å². The van der Waals surface area contributed by atoms with Crippen LogP contribution in [0.4, 0.5) is 23.1 Å². The summed E-state index contributed by atoms with van der Waals surface area (Å²) >= 11 is 0. The molecule has 6 nitrogen and oxygen atoms in total. The average molecular weight is 388 g/mol. The van der Waals surface area contributed by atoms with Crippen LogP contribution < -0.4 is 15.3 Å². The molecular weight excluding hydrogens is 360 g/mol. The molecule has 3 aromatic rings. The van der Waals surface area contributed by atoms with Crippen LogP contribution >= 0.6 is 0 Å². The highest BCUT2D eigenvalue weighted by molar-refractivity contribution is 5.93. The van der Waals surface area contributed by atoms with E-state index in [9.17, 15) is 0 Å². The standard InChI is InChI=1S/C23H27N6/c1-17(2)15-26-29(16-25-20-11-7-8-12-21(20)29)22-13-14-24-23(28-22)27-18(3)19-9-5-4-6-10-19/h4-14,16-18,26H,15H2,1-3H3,(H,24,27,28)/q+1. The minimum atomic E-state index is 0.100. The predicted molar refractivity (Wildman–Crippen MR) is 119 cm³/mol. The van der Waals surface area contributed by atoms with E-state index >= 15 is 0 Å². The number of hydrogen-bond acceptors (Lipinski definition) is 5. The molecule has 0 saturated carbocycles. The molecule has 1 aliphatic heterocycles. The van der Waals surface area contributed by atoms with Gasteiger partial charge >= 0.3 is 0 Å². The Labute approximate surface area is 171 Å². The molecule has 0 saturated heterocycles. The molecule has 0 amide bonds. The van der Waals surface area contributed by atoms with Crippen molar-refractivity contribution in [2.24, 2.45) is 10.9 Å². The van der Waals surface area contributed by atoms with Crippen LogP contribution in [0.1, 0.15) is 32.4 Å². The quantitative estimate of drug-likeness (QED) is 0.552. The van der Waals surface area contributed by atoms with Crippen molar-refractivity contribution in [2.75, 3.05) is 11.9 Å². The van der Waals surface area contributed by atoms with Crippen molar-refractivity contribution in [3.8, 4) is 0 Å². The summed E-state index contributed by atoms with van der Waals surface area (Å²) in [6, 6.07) is 20.5. The van der Waals surface area contributed by atoms with E-state index in [0.29, 0.717) is 11.9 Å².